The maximum absolute atomic E-state index is 13.4. The molecule has 0 aromatic carbocycles. The third-order valence-electron chi connectivity index (χ3n) is 4.60. The number of hydrogen-bond donors (Lipinski definition) is 2. The Kier molecular flexibility index (Phi) is 3.60. The lowest BCUT2D eigenvalue weighted by atomic mass is 10.1. The lowest BCUT2D eigenvalue weighted by Crippen LogP contribution is -2.50. The van der Waals surface area contributed by atoms with E-state index in [0.29, 0.717) is 10.1 Å². The molecule has 2 aromatic rings. The van der Waals surface area contributed by atoms with Crippen LogP contribution in [0.15, 0.2) is 12.1 Å². The molecule has 3 heterocycles. The van der Waals surface area contributed by atoms with E-state index in [1.807, 2.05) is 0 Å². The van der Waals surface area contributed by atoms with Gasteiger partial charge in [0.25, 0.3) is 5.91 Å². The molecule has 2 N–H and O–H groups in total. The molecule has 26 heavy (non-hydrogen) atoms. The van der Waals surface area contributed by atoms with Gasteiger partial charge in [0.15, 0.2) is 11.4 Å². The van der Waals surface area contributed by atoms with Gasteiger partial charge in [-0.25, -0.2) is 4.52 Å². The average Bonchev–Trinajstić information content (AvgIpc) is 3.37. The lowest BCUT2D eigenvalue weighted by Gasteiger charge is -2.25. The summed E-state index contributed by atoms with van der Waals surface area (Å²) in [5.41, 5.74) is -1.22. The third kappa shape index (κ3) is 2.74. The Hall–Kier alpha value is -2.78. The van der Waals surface area contributed by atoms with Crippen LogP contribution in [0.2, 0.25) is 0 Å². The highest BCUT2D eigenvalue weighted by atomic mass is 19.4. The summed E-state index contributed by atoms with van der Waals surface area (Å²) in [7, 11) is 0. The number of amides is 2. The summed E-state index contributed by atoms with van der Waals surface area (Å²) in [5, 5.41) is 16.6. The molecule has 4 rings (SSSR count). The van der Waals surface area contributed by atoms with Gasteiger partial charge in [-0.1, -0.05) is 0 Å². The zero-order valence-corrected chi connectivity index (χ0v) is 13.5. The van der Waals surface area contributed by atoms with Gasteiger partial charge in [0, 0.05) is 13.1 Å². The van der Waals surface area contributed by atoms with Crippen LogP contribution >= 0.6 is 0 Å². The molecule has 138 valence electrons. The van der Waals surface area contributed by atoms with Crippen molar-refractivity contribution in [3.05, 3.63) is 29.1 Å². The van der Waals surface area contributed by atoms with Gasteiger partial charge in [0.2, 0.25) is 5.91 Å². The average molecular weight is 368 g/mol. The molecule has 2 aromatic heterocycles. The van der Waals surface area contributed by atoms with Crippen molar-refractivity contribution in [3.8, 4) is 5.75 Å². The highest BCUT2D eigenvalue weighted by Gasteiger charge is 2.38. The van der Waals surface area contributed by atoms with Crippen LogP contribution in [0.25, 0.3) is 5.52 Å². The van der Waals surface area contributed by atoms with Crippen LogP contribution < -0.4 is 5.32 Å². The quantitative estimate of drug-likeness (QED) is 0.841. The Labute approximate surface area is 145 Å². The first-order chi connectivity index (χ1) is 12.3. The number of fused-ring (bicyclic) bond motifs is 1. The van der Waals surface area contributed by atoms with Crippen molar-refractivity contribution in [1.82, 2.24) is 19.8 Å². The van der Waals surface area contributed by atoms with Crippen LogP contribution in [0.3, 0.4) is 0 Å². The molecule has 10 heteroatoms. The number of piperazine rings is 1. The fourth-order valence-electron chi connectivity index (χ4n) is 3.11. The first-order valence-corrected chi connectivity index (χ1v) is 8.14. The summed E-state index contributed by atoms with van der Waals surface area (Å²) >= 11 is 0. The Morgan fingerprint density at radius 1 is 1.31 bits per heavy atom. The molecule has 7 nitrogen and oxygen atoms in total. The maximum Gasteiger partial charge on any atom is 0.433 e. The number of carbonyl (C=O) groups excluding carboxylic acids is 2. The summed E-state index contributed by atoms with van der Waals surface area (Å²) in [5.74, 6) is -1.73. The number of carbonyl (C=O) groups is 2. The second-order valence-corrected chi connectivity index (χ2v) is 6.52. The number of aromatic hydroxyl groups is 1. The van der Waals surface area contributed by atoms with Crippen LogP contribution in [-0.2, 0) is 11.0 Å². The number of aromatic nitrogens is 2. The molecule has 2 aliphatic rings. The normalized spacial score (nSPS) is 18.3. The molecule has 1 saturated carbocycles. The number of nitrogens with zero attached hydrogens (tertiary/aromatic N) is 3. The van der Waals surface area contributed by atoms with Crippen LogP contribution in [0.4, 0.5) is 13.2 Å². The molecule has 1 saturated heterocycles. The highest BCUT2D eigenvalue weighted by molar-refractivity contribution is 5.99. The first-order valence-electron chi connectivity index (χ1n) is 8.14. The number of nitrogens with one attached hydrogen (secondary N) is 1. The maximum atomic E-state index is 13.4. The molecule has 0 spiro atoms. The van der Waals surface area contributed by atoms with E-state index in [1.54, 1.807) is 0 Å². The second-order valence-electron chi connectivity index (χ2n) is 6.52. The summed E-state index contributed by atoms with van der Waals surface area (Å²) in [6, 6.07) is 2.45. The monoisotopic (exact) mass is 368 g/mol. The van der Waals surface area contributed by atoms with Gasteiger partial charge < -0.3 is 15.3 Å². The molecule has 2 fully saturated rings. The molecule has 0 unspecified atom stereocenters. The van der Waals surface area contributed by atoms with E-state index in [1.165, 1.54) is 6.07 Å². The van der Waals surface area contributed by atoms with Crippen LogP contribution in [0.1, 0.15) is 40.5 Å². The van der Waals surface area contributed by atoms with Gasteiger partial charge in [-0.05, 0) is 36.5 Å². The fourth-order valence-corrected chi connectivity index (χ4v) is 3.11. The van der Waals surface area contributed by atoms with Crippen molar-refractivity contribution >= 4 is 17.3 Å². The SMILES string of the molecule is O=C1CN(C(=O)c2nn3c(C(F)(F)F)cc(C4CC4)cc3c2O)CCN1. The molecule has 1 aliphatic carbocycles. The molecule has 0 atom stereocenters. The Balaban J connectivity index is 1.83. The number of halogens is 3. The van der Waals surface area contributed by atoms with Crippen molar-refractivity contribution in [1.29, 1.82) is 0 Å². The number of hydrogen-bond acceptors (Lipinski definition) is 4. The van der Waals surface area contributed by atoms with Gasteiger partial charge in [0.1, 0.15) is 11.2 Å². The van der Waals surface area contributed by atoms with E-state index in [9.17, 15) is 27.9 Å². The first kappa shape index (κ1) is 16.7. The van der Waals surface area contributed by atoms with Crippen LogP contribution in [0.5, 0.6) is 5.75 Å². The van der Waals surface area contributed by atoms with Gasteiger partial charge in [-0.2, -0.15) is 18.3 Å². The molecule has 0 bridgehead atoms. The minimum absolute atomic E-state index is 0.0281. The van der Waals surface area contributed by atoms with E-state index >= 15 is 0 Å². The summed E-state index contributed by atoms with van der Waals surface area (Å²) in [6.45, 7) is 0.196. The fraction of sp³-hybridized carbons (Fsp3) is 0.438. The Morgan fingerprint density at radius 3 is 2.65 bits per heavy atom. The molecule has 2 amide bonds. The molecule has 0 radical (unpaired) electrons. The zero-order valence-electron chi connectivity index (χ0n) is 13.5. The van der Waals surface area contributed by atoms with Crippen LogP contribution in [-0.4, -0.2) is 51.1 Å². The van der Waals surface area contributed by atoms with Gasteiger partial charge in [-0.15, -0.1) is 0 Å². The summed E-state index contributed by atoms with van der Waals surface area (Å²) in [4.78, 5) is 25.1. The van der Waals surface area contributed by atoms with Crippen molar-refractivity contribution < 1.29 is 27.9 Å². The minimum Gasteiger partial charge on any atom is -0.504 e. The Bertz CT molecular complexity index is 918. The van der Waals surface area contributed by atoms with Crippen molar-refractivity contribution in [3.63, 3.8) is 0 Å². The smallest absolute Gasteiger partial charge is 0.433 e. The summed E-state index contributed by atoms with van der Waals surface area (Å²) in [6.07, 6.45) is -3.11. The van der Waals surface area contributed by atoms with E-state index in [0.717, 1.165) is 23.8 Å². The molecular formula is C16H15F3N4O3. The zero-order chi connectivity index (χ0) is 18.6. The third-order valence-corrected chi connectivity index (χ3v) is 4.60. The minimum atomic E-state index is -4.69. The van der Waals surface area contributed by atoms with E-state index in [4.69, 9.17) is 0 Å². The second kappa shape index (κ2) is 5.61. The highest BCUT2D eigenvalue weighted by Crippen LogP contribution is 2.43. The predicted molar refractivity (Wildman–Crippen MR) is 82.7 cm³/mol. The lowest BCUT2D eigenvalue weighted by molar-refractivity contribution is -0.142. The van der Waals surface area contributed by atoms with Crippen molar-refractivity contribution in [2.24, 2.45) is 0 Å². The van der Waals surface area contributed by atoms with Gasteiger partial charge >= 0.3 is 6.18 Å². The standard InChI is InChI=1S/C16H15F3N4O3/c17-16(18,19)11-6-9(8-1-2-8)5-10-14(25)13(21-23(10)11)15(26)22-4-3-20-12(24)7-22/h5-6,8,25H,1-4,7H2,(H,20,24). The topological polar surface area (TPSA) is 86.9 Å². The number of rotatable bonds is 2. The van der Waals surface area contributed by atoms with Gasteiger partial charge in [0.05, 0.1) is 6.54 Å². The largest absolute Gasteiger partial charge is 0.504 e. The predicted octanol–water partition coefficient (Wildman–Crippen LogP) is 1.51. The number of pyridine rings is 1. The summed E-state index contributed by atoms with van der Waals surface area (Å²) < 4.78 is 40.9. The van der Waals surface area contributed by atoms with E-state index in [-0.39, 0.29) is 37.0 Å². The van der Waals surface area contributed by atoms with E-state index in [2.05, 4.69) is 10.4 Å². The van der Waals surface area contributed by atoms with E-state index < -0.39 is 29.2 Å². The van der Waals surface area contributed by atoms with Gasteiger partial charge in [-0.3, -0.25) is 9.59 Å². The molecular weight excluding hydrogens is 353 g/mol. The van der Waals surface area contributed by atoms with Crippen molar-refractivity contribution in [2.45, 2.75) is 24.9 Å². The van der Waals surface area contributed by atoms with Crippen LogP contribution in [0, 0.1) is 0 Å². The van der Waals surface area contributed by atoms with Crippen molar-refractivity contribution in [2.75, 3.05) is 19.6 Å². The number of alkyl halides is 3. The Morgan fingerprint density at radius 2 is 2.04 bits per heavy atom. The molecule has 1 aliphatic heterocycles.